The molecule has 0 radical (unpaired) electrons. The third-order valence-electron chi connectivity index (χ3n) is 4.70. The van der Waals surface area contributed by atoms with Crippen LogP contribution >= 0.6 is 0 Å². The molecular weight excluding hydrogens is 352 g/mol. The number of rotatable bonds is 12. The van der Waals surface area contributed by atoms with Crippen LogP contribution in [0.5, 0.6) is 5.75 Å². The average molecular weight is 385 g/mol. The van der Waals surface area contributed by atoms with Crippen LogP contribution in [0.4, 0.5) is 0 Å². The Morgan fingerprint density at radius 2 is 1.71 bits per heavy atom. The third kappa shape index (κ3) is 7.33. The van der Waals surface area contributed by atoms with Gasteiger partial charge in [-0.25, -0.2) is 0 Å². The molecule has 2 rings (SSSR count). The number of carbonyl (C=O) groups excluding carboxylic acids is 1. The molecule has 0 fully saturated rings. The zero-order chi connectivity index (χ0) is 20.2. The number of nitrogens with one attached hydrogen (secondary N) is 1. The quantitative estimate of drug-likeness (QED) is 0.607. The summed E-state index contributed by atoms with van der Waals surface area (Å²) in [6, 6.07) is 17.7. The van der Waals surface area contributed by atoms with Crippen molar-refractivity contribution in [3.05, 3.63) is 65.7 Å². The highest BCUT2D eigenvalue weighted by Crippen LogP contribution is 2.18. The molecule has 0 aromatic heterocycles. The van der Waals surface area contributed by atoms with Gasteiger partial charge in [-0.3, -0.25) is 4.79 Å². The van der Waals surface area contributed by atoms with E-state index in [0.29, 0.717) is 19.8 Å². The standard InChI is InChI=1S/C23H32N2O3/c1-4-25(5-2)15-16-27-22-14-10-9-13-21(22)17-24-23(26)19(3)28-18-20-11-7-6-8-12-20/h6-14,19H,4-5,15-18H2,1-3H3,(H,24,26). The van der Waals surface area contributed by atoms with E-state index in [1.54, 1.807) is 6.92 Å². The summed E-state index contributed by atoms with van der Waals surface area (Å²) in [7, 11) is 0. The van der Waals surface area contributed by atoms with E-state index in [1.807, 2.05) is 54.6 Å². The minimum atomic E-state index is -0.518. The molecule has 0 heterocycles. The fraction of sp³-hybridized carbons (Fsp3) is 0.435. The van der Waals surface area contributed by atoms with Crippen LogP contribution in [0.3, 0.4) is 0 Å². The molecular formula is C23H32N2O3. The minimum absolute atomic E-state index is 0.131. The zero-order valence-corrected chi connectivity index (χ0v) is 17.2. The lowest BCUT2D eigenvalue weighted by atomic mass is 10.2. The molecule has 28 heavy (non-hydrogen) atoms. The van der Waals surface area contributed by atoms with Gasteiger partial charge in [-0.05, 0) is 31.6 Å². The molecule has 0 aliphatic heterocycles. The summed E-state index contributed by atoms with van der Waals surface area (Å²) >= 11 is 0. The van der Waals surface area contributed by atoms with Gasteiger partial charge in [0, 0.05) is 18.7 Å². The highest BCUT2D eigenvalue weighted by Gasteiger charge is 2.14. The first-order chi connectivity index (χ1) is 13.6. The van der Waals surface area contributed by atoms with E-state index in [4.69, 9.17) is 9.47 Å². The Morgan fingerprint density at radius 1 is 1.04 bits per heavy atom. The maximum Gasteiger partial charge on any atom is 0.249 e. The summed E-state index contributed by atoms with van der Waals surface area (Å²) in [5.41, 5.74) is 2.01. The van der Waals surface area contributed by atoms with Gasteiger partial charge >= 0.3 is 0 Å². The van der Waals surface area contributed by atoms with E-state index in [-0.39, 0.29) is 5.91 Å². The molecule has 1 unspecified atom stereocenters. The van der Waals surface area contributed by atoms with E-state index >= 15 is 0 Å². The molecule has 5 heteroatoms. The van der Waals surface area contributed by atoms with Gasteiger partial charge < -0.3 is 19.7 Å². The monoisotopic (exact) mass is 384 g/mol. The Morgan fingerprint density at radius 3 is 2.43 bits per heavy atom. The van der Waals surface area contributed by atoms with Crippen LogP contribution in [0, 0.1) is 0 Å². The van der Waals surface area contributed by atoms with Crippen LogP contribution in [-0.2, 0) is 22.7 Å². The van der Waals surface area contributed by atoms with Crippen LogP contribution < -0.4 is 10.1 Å². The Labute approximate surface area is 168 Å². The van der Waals surface area contributed by atoms with Crippen LogP contribution in [-0.4, -0.2) is 43.2 Å². The molecule has 1 N–H and O–H groups in total. The fourth-order valence-corrected chi connectivity index (χ4v) is 2.81. The van der Waals surface area contributed by atoms with Gasteiger partial charge in [0.1, 0.15) is 18.5 Å². The van der Waals surface area contributed by atoms with Crippen molar-refractivity contribution in [3.8, 4) is 5.75 Å². The van der Waals surface area contributed by atoms with E-state index in [2.05, 4.69) is 24.1 Å². The second kappa shape index (κ2) is 12.2. The Balaban J connectivity index is 1.80. The van der Waals surface area contributed by atoms with E-state index in [0.717, 1.165) is 36.5 Å². The van der Waals surface area contributed by atoms with E-state index in [1.165, 1.54) is 0 Å². The SMILES string of the molecule is CCN(CC)CCOc1ccccc1CNC(=O)C(C)OCc1ccccc1. The highest BCUT2D eigenvalue weighted by atomic mass is 16.5. The number of ether oxygens (including phenoxy) is 2. The van der Waals surface area contributed by atoms with Gasteiger partial charge in [-0.2, -0.15) is 0 Å². The van der Waals surface area contributed by atoms with Crippen LogP contribution in [0.2, 0.25) is 0 Å². The number of hydrogen-bond acceptors (Lipinski definition) is 4. The molecule has 0 aliphatic carbocycles. The number of nitrogens with zero attached hydrogens (tertiary/aromatic N) is 1. The van der Waals surface area contributed by atoms with Gasteiger partial charge in [0.15, 0.2) is 0 Å². The number of para-hydroxylation sites is 1. The molecule has 1 amide bonds. The van der Waals surface area contributed by atoms with Crippen LogP contribution in [0.25, 0.3) is 0 Å². The first-order valence-electron chi connectivity index (χ1n) is 10.00. The summed E-state index contributed by atoms with van der Waals surface area (Å²) in [5.74, 6) is 0.682. The van der Waals surface area contributed by atoms with Crippen molar-refractivity contribution in [1.29, 1.82) is 0 Å². The largest absolute Gasteiger partial charge is 0.492 e. The Bertz CT molecular complexity index is 702. The number of hydrogen-bond donors (Lipinski definition) is 1. The van der Waals surface area contributed by atoms with Crippen molar-refractivity contribution in [1.82, 2.24) is 10.2 Å². The van der Waals surface area contributed by atoms with Gasteiger partial charge in [0.2, 0.25) is 5.91 Å². The first-order valence-corrected chi connectivity index (χ1v) is 10.00. The molecule has 0 aliphatic rings. The number of amides is 1. The molecule has 5 nitrogen and oxygen atoms in total. The van der Waals surface area contributed by atoms with Crippen molar-refractivity contribution in [2.45, 2.75) is 40.0 Å². The number of benzene rings is 2. The Hall–Kier alpha value is -2.37. The predicted octanol–water partition coefficient (Wildman–Crippen LogP) is 3.63. The lowest BCUT2D eigenvalue weighted by Gasteiger charge is -2.19. The molecule has 0 saturated carbocycles. The molecule has 0 spiro atoms. The van der Waals surface area contributed by atoms with Crippen LogP contribution in [0.1, 0.15) is 31.9 Å². The molecule has 2 aromatic carbocycles. The van der Waals surface area contributed by atoms with Crippen molar-refractivity contribution in [3.63, 3.8) is 0 Å². The molecule has 1 atom stereocenters. The summed E-state index contributed by atoms with van der Waals surface area (Å²) in [6.07, 6.45) is -0.518. The second-order valence-corrected chi connectivity index (χ2v) is 6.64. The van der Waals surface area contributed by atoms with Crippen LogP contribution in [0.15, 0.2) is 54.6 Å². The molecule has 0 saturated heterocycles. The van der Waals surface area contributed by atoms with E-state index in [9.17, 15) is 4.79 Å². The number of likely N-dealkylation sites (N-methyl/N-ethyl adjacent to an activating group) is 1. The molecule has 0 bridgehead atoms. The first kappa shape index (κ1) is 21.9. The van der Waals surface area contributed by atoms with Crippen molar-refractivity contribution < 1.29 is 14.3 Å². The number of carbonyl (C=O) groups is 1. The maximum absolute atomic E-state index is 12.3. The summed E-state index contributed by atoms with van der Waals surface area (Å²) in [5, 5.41) is 2.94. The summed E-state index contributed by atoms with van der Waals surface area (Å²) in [6.45, 7) is 10.4. The predicted molar refractivity (Wildman–Crippen MR) is 112 cm³/mol. The topological polar surface area (TPSA) is 50.8 Å². The van der Waals surface area contributed by atoms with Gasteiger partial charge in [-0.1, -0.05) is 62.4 Å². The summed E-state index contributed by atoms with van der Waals surface area (Å²) < 4.78 is 11.6. The van der Waals surface area contributed by atoms with Crippen molar-refractivity contribution in [2.75, 3.05) is 26.2 Å². The lowest BCUT2D eigenvalue weighted by Crippen LogP contribution is -2.34. The minimum Gasteiger partial charge on any atom is -0.492 e. The second-order valence-electron chi connectivity index (χ2n) is 6.64. The smallest absolute Gasteiger partial charge is 0.249 e. The normalized spacial score (nSPS) is 12.0. The molecule has 2 aromatic rings. The molecule has 152 valence electrons. The van der Waals surface area contributed by atoms with Gasteiger partial charge in [0.05, 0.1) is 6.61 Å². The fourth-order valence-electron chi connectivity index (χ4n) is 2.81. The lowest BCUT2D eigenvalue weighted by molar-refractivity contribution is -0.132. The van der Waals surface area contributed by atoms with E-state index < -0.39 is 6.10 Å². The van der Waals surface area contributed by atoms with Gasteiger partial charge in [0.25, 0.3) is 0 Å². The average Bonchev–Trinajstić information content (AvgIpc) is 2.74. The Kier molecular flexibility index (Phi) is 9.52. The van der Waals surface area contributed by atoms with Crippen molar-refractivity contribution in [2.24, 2.45) is 0 Å². The third-order valence-corrected chi connectivity index (χ3v) is 4.70. The maximum atomic E-state index is 12.3. The summed E-state index contributed by atoms with van der Waals surface area (Å²) in [4.78, 5) is 14.7. The van der Waals surface area contributed by atoms with Crippen molar-refractivity contribution >= 4 is 5.91 Å². The zero-order valence-electron chi connectivity index (χ0n) is 17.2. The highest BCUT2D eigenvalue weighted by molar-refractivity contribution is 5.80. The van der Waals surface area contributed by atoms with Gasteiger partial charge in [-0.15, -0.1) is 0 Å².